The molecular formula is C15H22N2O2S. The molecule has 1 aromatic rings. The summed E-state index contributed by atoms with van der Waals surface area (Å²) in [7, 11) is 0. The van der Waals surface area contributed by atoms with Crippen molar-refractivity contribution in [1.82, 2.24) is 10.6 Å². The molecule has 1 saturated heterocycles. The lowest BCUT2D eigenvalue weighted by molar-refractivity contribution is -0.123. The summed E-state index contributed by atoms with van der Waals surface area (Å²) < 4.78 is 5.81. The van der Waals surface area contributed by atoms with E-state index in [0.29, 0.717) is 0 Å². The largest absolute Gasteiger partial charge is 0.466 e. The number of carbonyl (C=O) groups is 1. The zero-order valence-corrected chi connectivity index (χ0v) is 13.1. The van der Waals surface area contributed by atoms with Crippen LogP contribution >= 0.6 is 11.8 Å². The fraction of sp³-hybridized carbons (Fsp3) is 0.667. The number of fused-ring (bicyclic) bond motifs is 1. The first-order chi connectivity index (χ1) is 9.44. The van der Waals surface area contributed by atoms with Crippen LogP contribution in [-0.4, -0.2) is 23.6 Å². The van der Waals surface area contributed by atoms with E-state index < -0.39 is 0 Å². The summed E-state index contributed by atoms with van der Waals surface area (Å²) in [4.78, 5) is 12.3. The highest BCUT2D eigenvalue weighted by Gasteiger charge is 2.36. The van der Waals surface area contributed by atoms with Crippen LogP contribution in [0, 0.1) is 12.3 Å². The lowest BCUT2D eigenvalue weighted by Gasteiger charge is -2.35. The van der Waals surface area contributed by atoms with Crippen molar-refractivity contribution in [3.8, 4) is 0 Å². The molecule has 0 radical (unpaired) electrons. The van der Waals surface area contributed by atoms with Crippen LogP contribution in [0.4, 0.5) is 0 Å². The molecule has 5 heteroatoms. The standard InChI is InChI=1S/C15H22N2O2S/c1-9-4-10-11(5-15(2,3)6-13(10)19-9)17-14(18)12-7-20-8-16-12/h4,11-12,16H,5-8H2,1-3H3,(H,17,18). The number of thioether (sulfide) groups is 1. The molecule has 2 unspecified atom stereocenters. The van der Waals surface area contributed by atoms with E-state index in [1.165, 1.54) is 5.56 Å². The van der Waals surface area contributed by atoms with Crippen LogP contribution in [0.25, 0.3) is 0 Å². The van der Waals surface area contributed by atoms with Crippen molar-refractivity contribution in [2.75, 3.05) is 11.6 Å². The fourth-order valence-electron chi connectivity index (χ4n) is 3.15. The zero-order chi connectivity index (χ0) is 14.3. The maximum absolute atomic E-state index is 12.3. The van der Waals surface area contributed by atoms with E-state index in [9.17, 15) is 4.79 Å². The zero-order valence-electron chi connectivity index (χ0n) is 12.3. The number of nitrogens with one attached hydrogen (secondary N) is 2. The predicted octanol–water partition coefficient (Wildman–Crippen LogP) is 2.38. The maximum Gasteiger partial charge on any atom is 0.238 e. The van der Waals surface area contributed by atoms with Gasteiger partial charge < -0.3 is 9.73 Å². The van der Waals surface area contributed by atoms with Crippen LogP contribution in [0.15, 0.2) is 10.5 Å². The molecule has 2 N–H and O–H groups in total. The predicted molar refractivity (Wildman–Crippen MR) is 80.7 cm³/mol. The molecule has 0 aromatic carbocycles. The van der Waals surface area contributed by atoms with E-state index in [1.54, 1.807) is 11.8 Å². The Bertz CT molecular complexity index is 518. The number of amides is 1. The maximum atomic E-state index is 12.3. The summed E-state index contributed by atoms with van der Waals surface area (Å²) in [6.07, 6.45) is 1.91. The highest BCUT2D eigenvalue weighted by Crippen LogP contribution is 2.42. The Morgan fingerprint density at radius 3 is 3.05 bits per heavy atom. The van der Waals surface area contributed by atoms with Crippen molar-refractivity contribution in [2.45, 2.75) is 45.7 Å². The lowest BCUT2D eigenvalue weighted by atomic mass is 9.74. The Morgan fingerprint density at radius 2 is 2.35 bits per heavy atom. The number of aryl methyl sites for hydroxylation is 1. The quantitative estimate of drug-likeness (QED) is 0.879. The van der Waals surface area contributed by atoms with Gasteiger partial charge in [0.05, 0.1) is 12.1 Å². The molecule has 3 rings (SSSR count). The number of furan rings is 1. The summed E-state index contributed by atoms with van der Waals surface area (Å²) in [5, 5.41) is 6.43. The molecule has 1 aromatic heterocycles. The molecule has 2 atom stereocenters. The number of hydrogen-bond donors (Lipinski definition) is 2. The Labute approximate surface area is 124 Å². The molecule has 110 valence electrons. The topological polar surface area (TPSA) is 54.3 Å². The Balaban J connectivity index is 1.79. The highest BCUT2D eigenvalue weighted by atomic mass is 32.2. The lowest BCUT2D eigenvalue weighted by Crippen LogP contribution is -2.45. The van der Waals surface area contributed by atoms with E-state index in [2.05, 4.69) is 30.5 Å². The minimum Gasteiger partial charge on any atom is -0.466 e. The number of hydrogen-bond acceptors (Lipinski definition) is 4. The molecule has 1 amide bonds. The van der Waals surface area contributed by atoms with Crippen molar-refractivity contribution >= 4 is 17.7 Å². The first-order valence-corrected chi connectivity index (χ1v) is 8.31. The van der Waals surface area contributed by atoms with Crippen LogP contribution < -0.4 is 10.6 Å². The van der Waals surface area contributed by atoms with Crippen LogP contribution in [0.2, 0.25) is 0 Å². The second kappa shape index (κ2) is 5.11. The van der Waals surface area contributed by atoms with E-state index in [1.807, 2.05) is 6.92 Å². The normalized spacial score (nSPS) is 28.1. The summed E-state index contributed by atoms with van der Waals surface area (Å²) in [5.41, 5.74) is 1.33. The first-order valence-electron chi connectivity index (χ1n) is 7.15. The minimum atomic E-state index is -0.0542. The molecule has 20 heavy (non-hydrogen) atoms. The second-order valence-electron chi connectivity index (χ2n) is 6.61. The molecule has 0 saturated carbocycles. The van der Waals surface area contributed by atoms with Gasteiger partial charge >= 0.3 is 0 Å². The number of rotatable bonds is 2. The van der Waals surface area contributed by atoms with Gasteiger partial charge in [-0.15, -0.1) is 11.8 Å². The van der Waals surface area contributed by atoms with Crippen LogP contribution in [0.3, 0.4) is 0 Å². The molecule has 0 bridgehead atoms. The molecule has 0 spiro atoms. The average molecular weight is 294 g/mol. The fourth-order valence-corrected chi connectivity index (χ4v) is 4.09. The summed E-state index contributed by atoms with van der Waals surface area (Å²) >= 11 is 1.77. The summed E-state index contributed by atoms with van der Waals surface area (Å²) in [5.74, 6) is 3.81. The van der Waals surface area contributed by atoms with E-state index >= 15 is 0 Å². The summed E-state index contributed by atoms with van der Waals surface area (Å²) in [6, 6.07) is 2.10. The van der Waals surface area contributed by atoms with Gasteiger partial charge in [-0.3, -0.25) is 10.1 Å². The Morgan fingerprint density at radius 1 is 1.55 bits per heavy atom. The molecule has 2 aliphatic rings. The smallest absolute Gasteiger partial charge is 0.238 e. The molecular weight excluding hydrogens is 272 g/mol. The van der Waals surface area contributed by atoms with Gasteiger partial charge in [-0.2, -0.15) is 0 Å². The molecule has 2 heterocycles. The number of carbonyl (C=O) groups excluding carboxylic acids is 1. The van der Waals surface area contributed by atoms with Crippen molar-refractivity contribution < 1.29 is 9.21 Å². The van der Waals surface area contributed by atoms with Gasteiger partial charge in [0.2, 0.25) is 5.91 Å². The molecule has 4 nitrogen and oxygen atoms in total. The summed E-state index contributed by atoms with van der Waals surface area (Å²) in [6.45, 7) is 6.44. The third-order valence-corrected chi connectivity index (χ3v) is 5.03. The van der Waals surface area contributed by atoms with Crippen molar-refractivity contribution in [1.29, 1.82) is 0 Å². The third kappa shape index (κ3) is 2.74. The van der Waals surface area contributed by atoms with E-state index in [-0.39, 0.29) is 23.4 Å². The molecule has 1 fully saturated rings. The van der Waals surface area contributed by atoms with Gasteiger partial charge in [0.15, 0.2) is 0 Å². The third-order valence-electron chi connectivity index (χ3n) is 4.09. The van der Waals surface area contributed by atoms with Crippen LogP contribution in [-0.2, 0) is 11.2 Å². The van der Waals surface area contributed by atoms with E-state index in [0.717, 1.165) is 36.0 Å². The minimum absolute atomic E-state index is 0.0542. The van der Waals surface area contributed by atoms with Crippen molar-refractivity contribution in [3.05, 3.63) is 23.2 Å². The highest BCUT2D eigenvalue weighted by molar-refractivity contribution is 7.99. The Hall–Kier alpha value is -0.940. The molecule has 1 aliphatic carbocycles. The van der Waals surface area contributed by atoms with Crippen molar-refractivity contribution in [2.24, 2.45) is 5.41 Å². The van der Waals surface area contributed by atoms with E-state index in [4.69, 9.17) is 4.42 Å². The first kappa shape index (κ1) is 14.0. The molecule has 1 aliphatic heterocycles. The van der Waals surface area contributed by atoms with Gasteiger partial charge in [-0.05, 0) is 24.8 Å². The average Bonchev–Trinajstić information content (AvgIpc) is 2.95. The van der Waals surface area contributed by atoms with Crippen LogP contribution in [0.1, 0.15) is 43.4 Å². The second-order valence-corrected chi connectivity index (χ2v) is 7.64. The van der Waals surface area contributed by atoms with Gasteiger partial charge in [-0.1, -0.05) is 13.8 Å². The van der Waals surface area contributed by atoms with Crippen molar-refractivity contribution in [3.63, 3.8) is 0 Å². The van der Waals surface area contributed by atoms with Gasteiger partial charge in [0.25, 0.3) is 0 Å². The van der Waals surface area contributed by atoms with Gasteiger partial charge in [0, 0.05) is 23.6 Å². The Kier molecular flexibility index (Phi) is 3.58. The monoisotopic (exact) mass is 294 g/mol. The van der Waals surface area contributed by atoms with Gasteiger partial charge in [-0.25, -0.2) is 0 Å². The van der Waals surface area contributed by atoms with Crippen LogP contribution in [0.5, 0.6) is 0 Å². The van der Waals surface area contributed by atoms with Gasteiger partial charge in [0.1, 0.15) is 11.5 Å². The SMILES string of the molecule is Cc1cc2c(o1)CC(C)(C)CC2NC(=O)C1CSCN1.